The van der Waals surface area contributed by atoms with Crippen molar-refractivity contribution in [3.63, 3.8) is 0 Å². The molecule has 144 valence electrons. The van der Waals surface area contributed by atoms with Gasteiger partial charge in [-0.3, -0.25) is 4.21 Å². The monoisotopic (exact) mass is 378 g/mol. The normalized spacial score (nSPS) is 22.4. The first-order chi connectivity index (χ1) is 12.0. The predicted octanol–water partition coefficient (Wildman–Crippen LogP) is 2.19. The van der Waals surface area contributed by atoms with Crippen molar-refractivity contribution >= 4 is 27.5 Å². The van der Waals surface area contributed by atoms with E-state index in [1.165, 1.54) is 5.56 Å². The van der Waals surface area contributed by atoms with Crippen LogP contribution in [0.2, 0.25) is 0 Å². The second-order valence-corrected chi connectivity index (χ2v) is 8.72. The largest absolute Gasteiger partial charge is 0.412 e. The zero-order valence-corrected chi connectivity index (χ0v) is 16.6. The van der Waals surface area contributed by atoms with Gasteiger partial charge >= 0.3 is 0 Å². The fourth-order valence-electron chi connectivity index (χ4n) is 3.69. The summed E-state index contributed by atoms with van der Waals surface area (Å²) in [6, 6.07) is 7.58. The molecule has 4 N–H and O–H groups in total. The molecule has 1 aliphatic carbocycles. The predicted molar refractivity (Wildman–Crippen MR) is 109 cm³/mol. The van der Waals surface area contributed by atoms with E-state index in [1.54, 1.807) is 12.6 Å². The number of anilines is 1. The molecule has 1 aromatic heterocycles. The number of nitrogens with one attached hydrogen (secondary N) is 2. The van der Waals surface area contributed by atoms with Gasteiger partial charge < -0.3 is 16.1 Å². The van der Waals surface area contributed by atoms with Crippen LogP contribution >= 0.6 is 0 Å². The maximum atomic E-state index is 11.3. The third kappa shape index (κ3) is 5.46. The molecular formula is C19H30N4O2S. The zero-order chi connectivity index (χ0) is 17.8. The maximum absolute atomic E-state index is 11.3. The van der Waals surface area contributed by atoms with E-state index in [1.807, 2.05) is 0 Å². The quantitative estimate of drug-likeness (QED) is 0.803. The summed E-state index contributed by atoms with van der Waals surface area (Å²) >= 11 is 0. The highest BCUT2D eigenvalue weighted by Crippen LogP contribution is 2.26. The Labute approximate surface area is 158 Å². The lowest BCUT2D eigenvalue weighted by molar-refractivity contribution is 0.336. The summed E-state index contributed by atoms with van der Waals surface area (Å²) in [6.07, 6.45) is 7.93. The van der Waals surface area contributed by atoms with Gasteiger partial charge in [0.2, 0.25) is 0 Å². The molecular weight excluding hydrogens is 348 g/mol. The molecule has 0 radical (unpaired) electrons. The van der Waals surface area contributed by atoms with Gasteiger partial charge in [0.05, 0.1) is 5.52 Å². The lowest BCUT2D eigenvalue weighted by Gasteiger charge is -2.32. The summed E-state index contributed by atoms with van der Waals surface area (Å²) in [5.74, 6) is 1.67. The molecule has 1 saturated carbocycles. The van der Waals surface area contributed by atoms with E-state index in [-0.39, 0.29) is 5.48 Å². The smallest absolute Gasteiger partial charge is 0.137 e. The van der Waals surface area contributed by atoms with Crippen molar-refractivity contribution in [1.82, 2.24) is 15.3 Å². The first-order valence-corrected chi connectivity index (χ1v) is 10.8. The minimum Gasteiger partial charge on any atom is -0.412 e. The Morgan fingerprint density at radius 3 is 2.58 bits per heavy atom. The highest BCUT2D eigenvalue weighted by atomic mass is 32.2. The van der Waals surface area contributed by atoms with Crippen LogP contribution in [0.5, 0.6) is 0 Å². The van der Waals surface area contributed by atoms with E-state index >= 15 is 0 Å². The molecule has 3 rings (SSSR count). The number of nitrogens with zero attached hydrogens (tertiary/aromatic N) is 2. The molecule has 0 saturated heterocycles. The van der Waals surface area contributed by atoms with Crippen molar-refractivity contribution in [2.24, 2.45) is 0 Å². The van der Waals surface area contributed by atoms with Crippen LogP contribution < -0.4 is 10.6 Å². The Balaban J connectivity index is 0.00000243. The van der Waals surface area contributed by atoms with Crippen LogP contribution in [0.4, 0.5) is 5.82 Å². The first-order valence-electron chi connectivity index (χ1n) is 9.05. The zero-order valence-electron chi connectivity index (χ0n) is 15.8. The summed E-state index contributed by atoms with van der Waals surface area (Å²) in [5.41, 5.74) is 2.21. The minimum atomic E-state index is -0.738. The molecule has 7 heteroatoms. The number of benzene rings is 1. The number of aryl methyl sites for hydroxylation is 1. The number of aromatic nitrogens is 2. The molecule has 0 aliphatic heterocycles. The van der Waals surface area contributed by atoms with Crippen LogP contribution in [-0.2, 0) is 10.8 Å². The average molecular weight is 379 g/mol. The lowest BCUT2D eigenvalue weighted by Crippen LogP contribution is -2.43. The van der Waals surface area contributed by atoms with Crippen LogP contribution in [0, 0.1) is 6.92 Å². The second kappa shape index (κ2) is 9.39. The molecule has 6 nitrogen and oxygen atoms in total. The van der Waals surface area contributed by atoms with Crippen LogP contribution in [0.15, 0.2) is 24.5 Å². The third-order valence-corrected chi connectivity index (χ3v) is 5.83. The van der Waals surface area contributed by atoms with Gasteiger partial charge in [0.15, 0.2) is 0 Å². The minimum absolute atomic E-state index is 0. The summed E-state index contributed by atoms with van der Waals surface area (Å²) < 4.78 is 11.3. The topological polar surface area (TPSA) is 98.4 Å². The van der Waals surface area contributed by atoms with Crippen LogP contribution in [0.3, 0.4) is 0 Å². The molecule has 1 heterocycles. The standard InChI is InChI=1S/C19H28N4OS.H2O/c1-13-4-9-18-17(10-13)19(21-12-20-18)23-16-7-5-15(6-8-16)22-14(2)11-25(3)24;/h4,9-10,12,14-16,22H,5-8,11H2,1-3H3,(H,20,21,23);1H2. The van der Waals surface area contributed by atoms with E-state index in [9.17, 15) is 4.21 Å². The van der Waals surface area contributed by atoms with Crippen molar-refractivity contribution in [3.05, 3.63) is 30.1 Å². The van der Waals surface area contributed by atoms with Gasteiger partial charge in [-0.05, 0) is 51.7 Å². The third-order valence-electron chi connectivity index (χ3n) is 4.86. The molecule has 1 fully saturated rings. The average Bonchev–Trinajstić information content (AvgIpc) is 2.56. The van der Waals surface area contributed by atoms with Gasteiger partial charge in [0.25, 0.3) is 0 Å². The van der Waals surface area contributed by atoms with Crippen molar-refractivity contribution < 1.29 is 9.69 Å². The SMILES string of the molecule is Cc1ccc2ncnc(NC3CCC(NC(C)CS(C)=O)CC3)c2c1.O. The van der Waals surface area contributed by atoms with Crippen molar-refractivity contribution in [2.45, 2.75) is 57.7 Å². The fraction of sp³-hybridized carbons (Fsp3) is 0.579. The number of rotatable bonds is 6. The van der Waals surface area contributed by atoms with E-state index in [4.69, 9.17) is 0 Å². The second-order valence-electron chi connectivity index (χ2n) is 7.24. The van der Waals surface area contributed by atoms with Crippen LogP contribution in [-0.4, -0.2) is 49.8 Å². The summed E-state index contributed by atoms with van der Waals surface area (Å²) in [7, 11) is -0.738. The van der Waals surface area contributed by atoms with E-state index < -0.39 is 10.8 Å². The highest BCUT2D eigenvalue weighted by Gasteiger charge is 2.23. The highest BCUT2D eigenvalue weighted by molar-refractivity contribution is 7.84. The van der Waals surface area contributed by atoms with E-state index in [2.05, 4.69) is 52.6 Å². The molecule has 0 bridgehead atoms. The Bertz CT molecular complexity index is 747. The molecule has 1 aliphatic rings. The summed E-state index contributed by atoms with van der Waals surface area (Å²) in [6.45, 7) is 4.22. The number of fused-ring (bicyclic) bond motifs is 1. The van der Waals surface area contributed by atoms with Gasteiger partial charge in [-0.25, -0.2) is 9.97 Å². The molecule has 0 amide bonds. The molecule has 0 spiro atoms. The fourth-order valence-corrected chi connectivity index (χ4v) is 4.49. The van der Waals surface area contributed by atoms with E-state index in [0.717, 1.165) is 48.2 Å². The first kappa shape index (κ1) is 20.7. The van der Waals surface area contributed by atoms with Crippen LogP contribution in [0.25, 0.3) is 10.9 Å². The molecule has 2 unspecified atom stereocenters. The van der Waals surface area contributed by atoms with Gasteiger partial charge in [0, 0.05) is 46.3 Å². The Morgan fingerprint density at radius 1 is 1.19 bits per heavy atom. The number of hydrogen-bond acceptors (Lipinski definition) is 5. The summed E-state index contributed by atoms with van der Waals surface area (Å²) in [4.78, 5) is 8.83. The van der Waals surface area contributed by atoms with Crippen molar-refractivity contribution in [3.8, 4) is 0 Å². The Kier molecular flexibility index (Phi) is 7.49. The number of hydrogen-bond donors (Lipinski definition) is 2. The Morgan fingerprint density at radius 2 is 1.88 bits per heavy atom. The molecule has 2 atom stereocenters. The van der Waals surface area contributed by atoms with Gasteiger partial charge in [-0.2, -0.15) is 0 Å². The van der Waals surface area contributed by atoms with Gasteiger partial charge in [-0.15, -0.1) is 0 Å². The molecule has 26 heavy (non-hydrogen) atoms. The van der Waals surface area contributed by atoms with Crippen molar-refractivity contribution in [1.29, 1.82) is 0 Å². The van der Waals surface area contributed by atoms with Gasteiger partial charge in [0.1, 0.15) is 12.1 Å². The molecule has 1 aromatic carbocycles. The lowest BCUT2D eigenvalue weighted by atomic mass is 9.90. The molecule has 2 aromatic rings. The maximum Gasteiger partial charge on any atom is 0.137 e. The summed E-state index contributed by atoms with van der Waals surface area (Å²) in [5, 5.41) is 8.35. The Hall–Kier alpha value is -1.57. The van der Waals surface area contributed by atoms with Gasteiger partial charge in [-0.1, -0.05) is 11.6 Å². The van der Waals surface area contributed by atoms with E-state index in [0.29, 0.717) is 18.1 Å². The van der Waals surface area contributed by atoms with Crippen molar-refractivity contribution in [2.75, 3.05) is 17.3 Å². The van der Waals surface area contributed by atoms with Crippen LogP contribution in [0.1, 0.15) is 38.2 Å².